The number of carbonyl (C=O) groups is 1. The Bertz CT molecular complexity index is 573. The van der Waals surface area contributed by atoms with E-state index >= 15 is 0 Å². The fourth-order valence-corrected chi connectivity index (χ4v) is 2.54. The molecule has 0 unspecified atom stereocenters. The Kier molecular flexibility index (Phi) is 4.46. The minimum absolute atomic E-state index is 0.0600. The second-order valence-corrected chi connectivity index (χ2v) is 5.38. The smallest absolute Gasteiger partial charge is 0.259 e. The fraction of sp³-hybridized carbons (Fsp3) is 0.250. The van der Waals surface area contributed by atoms with Crippen LogP contribution in [0.2, 0.25) is 0 Å². The molecule has 1 saturated heterocycles. The van der Waals surface area contributed by atoms with Crippen molar-refractivity contribution in [3.05, 3.63) is 17.7 Å². The summed E-state index contributed by atoms with van der Waals surface area (Å²) in [5.74, 6) is 0.871. The molecule has 2 rings (SSSR count). The zero-order valence-corrected chi connectivity index (χ0v) is 12.5. The number of rotatable bonds is 4. The van der Waals surface area contributed by atoms with Crippen LogP contribution in [0.25, 0.3) is 0 Å². The van der Waals surface area contributed by atoms with E-state index in [2.05, 4.69) is 5.10 Å². The molecule has 1 aliphatic heterocycles. The first-order valence-electron chi connectivity index (χ1n) is 5.55. The Labute approximate surface area is 125 Å². The van der Waals surface area contributed by atoms with E-state index in [4.69, 9.17) is 21.7 Å². The van der Waals surface area contributed by atoms with Crippen LogP contribution in [0.4, 0.5) is 0 Å². The Morgan fingerprint density at radius 3 is 2.75 bits per heavy atom. The second kappa shape index (κ2) is 6.10. The van der Waals surface area contributed by atoms with E-state index in [0.717, 1.165) is 5.01 Å². The predicted octanol–water partition coefficient (Wildman–Crippen LogP) is 1.60. The summed E-state index contributed by atoms with van der Waals surface area (Å²) in [4.78, 5) is 11.5. The number of phenolic OH excluding ortho intramolecular Hbond substituents is 1. The van der Waals surface area contributed by atoms with Crippen molar-refractivity contribution in [3.8, 4) is 17.2 Å². The summed E-state index contributed by atoms with van der Waals surface area (Å²) in [6.45, 7) is 0. The summed E-state index contributed by atoms with van der Waals surface area (Å²) in [7, 11) is 2.95. The van der Waals surface area contributed by atoms with E-state index in [-0.39, 0.29) is 17.4 Å². The van der Waals surface area contributed by atoms with E-state index in [0.29, 0.717) is 21.4 Å². The van der Waals surface area contributed by atoms with Crippen molar-refractivity contribution in [1.29, 1.82) is 0 Å². The van der Waals surface area contributed by atoms with Crippen molar-refractivity contribution < 1.29 is 19.4 Å². The van der Waals surface area contributed by atoms with Crippen LogP contribution in [-0.2, 0) is 4.79 Å². The van der Waals surface area contributed by atoms with Crippen LogP contribution in [0.3, 0.4) is 0 Å². The third-order valence-corrected chi connectivity index (χ3v) is 3.92. The number of hydrogen-bond donors (Lipinski definition) is 1. The number of carbonyl (C=O) groups excluding carboxylic acids is 1. The first kappa shape index (κ1) is 14.6. The summed E-state index contributed by atoms with van der Waals surface area (Å²) < 4.78 is 10.6. The molecule has 0 spiro atoms. The van der Waals surface area contributed by atoms with Gasteiger partial charge < -0.3 is 14.6 Å². The van der Waals surface area contributed by atoms with Crippen molar-refractivity contribution >= 4 is 40.4 Å². The van der Waals surface area contributed by atoms with Gasteiger partial charge in [-0.05, 0) is 0 Å². The molecule has 20 heavy (non-hydrogen) atoms. The molecule has 106 valence electrons. The van der Waals surface area contributed by atoms with E-state index in [1.54, 1.807) is 6.07 Å². The van der Waals surface area contributed by atoms with Crippen molar-refractivity contribution in [2.24, 2.45) is 5.10 Å². The lowest BCUT2D eigenvalue weighted by Gasteiger charge is -2.11. The SMILES string of the molecule is COc1cc(O)c(/C=N\N2C(=O)CSC2=S)c(OC)c1. The largest absolute Gasteiger partial charge is 0.507 e. The van der Waals surface area contributed by atoms with Crippen LogP contribution in [0, 0.1) is 0 Å². The van der Waals surface area contributed by atoms with E-state index < -0.39 is 0 Å². The minimum atomic E-state index is -0.191. The lowest BCUT2D eigenvalue weighted by Crippen LogP contribution is -2.22. The monoisotopic (exact) mass is 312 g/mol. The maximum atomic E-state index is 11.5. The predicted molar refractivity (Wildman–Crippen MR) is 80.7 cm³/mol. The van der Waals surface area contributed by atoms with Gasteiger partial charge in [-0.3, -0.25) is 4.79 Å². The minimum Gasteiger partial charge on any atom is -0.507 e. The van der Waals surface area contributed by atoms with Gasteiger partial charge in [0.1, 0.15) is 17.2 Å². The number of nitrogens with zero attached hydrogens (tertiary/aromatic N) is 2. The van der Waals surface area contributed by atoms with Gasteiger partial charge >= 0.3 is 0 Å². The summed E-state index contributed by atoms with van der Waals surface area (Å²) in [6.07, 6.45) is 1.34. The molecule has 1 fully saturated rings. The molecule has 0 aromatic heterocycles. The van der Waals surface area contributed by atoms with E-state index in [9.17, 15) is 9.90 Å². The molecule has 1 heterocycles. The molecule has 1 aliphatic rings. The number of ether oxygens (including phenoxy) is 2. The number of thiocarbonyl (C=S) groups is 1. The van der Waals surface area contributed by atoms with Gasteiger partial charge in [-0.2, -0.15) is 10.1 Å². The first-order valence-corrected chi connectivity index (χ1v) is 6.95. The van der Waals surface area contributed by atoms with Gasteiger partial charge in [0.05, 0.1) is 31.8 Å². The highest BCUT2D eigenvalue weighted by Gasteiger charge is 2.26. The molecule has 0 saturated carbocycles. The highest BCUT2D eigenvalue weighted by molar-refractivity contribution is 8.23. The number of phenols is 1. The van der Waals surface area contributed by atoms with Gasteiger partial charge in [-0.25, -0.2) is 0 Å². The van der Waals surface area contributed by atoms with E-state index in [1.807, 2.05) is 0 Å². The number of hydrogen-bond acceptors (Lipinski definition) is 7. The maximum absolute atomic E-state index is 11.5. The number of benzene rings is 1. The average Bonchev–Trinajstić information content (AvgIpc) is 2.76. The molecule has 0 bridgehead atoms. The average molecular weight is 312 g/mol. The van der Waals surface area contributed by atoms with Crippen LogP contribution in [0.15, 0.2) is 17.2 Å². The Balaban J connectivity index is 2.33. The summed E-state index contributed by atoms with van der Waals surface area (Å²) >= 11 is 6.26. The number of aromatic hydroxyl groups is 1. The molecule has 1 aromatic rings. The second-order valence-electron chi connectivity index (χ2n) is 3.77. The molecule has 1 amide bonds. The number of amides is 1. The van der Waals surface area contributed by atoms with Gasteiger partial charge in [0.2, 0.25) is 0 Å². The highest BCUT2D eigenvalue weighted by atomic mass is 32.2. The van der Waals surface area contributed by atoms with Crippen LogP contribution < -0.4 is 9.47 Å². The standard InChI is InChI=1S/C12H12N2O4S2/c1-17-7-3-9(15)8(10(4-7)18-2)5-13-14-11(16)6-20-12(14)19/h3-5,15H,6H2,1-2H3/b13-5-. The molecular formula is C12H12N2O4S2. The lowest BCUT2D eigenvalue weighted by molar-refractivity contribution is -0.123. The first-order chi connectivity index (χ1) is 9.56. The van der Waals surface area contributed by atoms with Crippen LogP contribution in [0.5, 0.6) is 17.2 Å². The number of methoxy groups -OCH3 is 2. The quantitative estimate of drug-likeness (QED) is 0.673. The normalized spacial score (nSPS) is 15.2. The van der Waals surface area contributed by atoms with Gasteiger partial charge in [-0.1, -0.05) is 24.0 Å². The van der Waals surface area contributed by atoms with Crippen LogP contribution >= 0.6 is 24.0 Å². The maximum Gasteiger partial charge on any atom is 0.259 e. The zero-order valence-electron chi connectivity index (χ0n) is 10.8. The summed E-state index contributed by atoms with van der Waals surface area (Å²) in [5.41, 5.74) is 0.348. The third-order valence-electron chi connectivity index (χ3n) is 2.58. The van der Waals surface area contributed by atoms with Crippen molar-refractivity contribution in [3.63, 3.8) is 0 Å². The molecule has 8 heteroatoms. The Morgan fingerprint density at radius 2 is 2.20 bits per heavy atom. The van der Waals surface area contributed by atoms with Gasteiger partial charge in [-0.15, -0.1) is 0 Å². The summed E-state index contributed by atoms with van der Waals surface area (Å²) in [5, 5.41) is 15.1. The zero-order chi connectivity index (χ0) is 14.7. The topological polar surface area (TPSA) is 71.4 Å². The molecule has 0 atom stereocenters. The molecule has 1 aromatic carbocycles. The Hall–Kier alpha value is -1.80. The highest BCUT2D eigenvalue weighted by Crippen LogP contribution is 2.32. The van der Waals surface area contributed by atoms with Gasteiger partial charge in [0.25, 0.3) is 5.91 Å². The lowest BCUT2D eigenvalue weighted by atomic mass is 10.2. The van der Waals surface area contributed by atoms with Crippen LogP contribution in [0.1, 0.15) is 5.56 Å². The number of thioether (sulfide) groups is 1. The molecule has 1 N–H and O–H groups in total. The number of hydrazone groups is 1. The third kappa shape index (κ3) is 2.86. The van der Waals surface area contributed by atoms with Gasteiger partial charge in [0.15, 0.2) is 4.32 Å². The molecular weight excluding hydrogens is 300 g/mol. The van der Waals surface area contributed by atoms with Crippen LogP contribution in [-0.4, -0.2) is 46.5 Å². The van der Waals surface area contributed by atoms with Crippen molar-refractivity contribution in [2.45, 2.75) is 0 Å². The Morgan fingerprint density at radius 1 is 1.45 bits per heavy atom. The summed E-state index contributed by atoms with van der Waals surface area (Å²) in [6, 6.07) is 3.04. The van der Waals surface area contributed by atoms with Crippen molar-refractivity contribution in [1.82, 2.24) is 5.01 Å². The molecule has 0 radical (unpaired) electrons. The molecule has 0 aliphatic carbocycles. The fourth-order valence-electron chi connectivity index (χ4n) is 1.58. The molecule has 6 nitrogen and oxygen atoms in total. The van der Waals surface area contributed by atoms with E-state index in [1.165, 1.54) is 38.3 Å². The van der Waals surface area contributed by atoms with Gasteiger partial charge in [0, 0.05) is 12.1 Å². The van der Waals surface area contributed by atoms with Crippen molar-refractivity contribution in [2.75, 3.05) is 20.0 Å².